The first-order valence-corrected chi connectivity index (χ1v) is 13.5. The molecule has 1 heterocycles. The number of carbonyl (C=O) groups is 2. The van der Waals surface area contributed by atoms with Gasteiger partial charge >= 0.3 is 0 Å². The molecule has 0 radical (unpaired) electrons. The van der Waals surface area contributed by atoms with E-state index >= 15 is 0 Å². The van der Waals surface area contributed by atoms with Crippen molar-refractivity contribution in [1.29, 1.82) is 0 Å². The van der Waals surface area contributed by atoms with Crippen LogP contribution < -0.4 is 9.47 Å². The molecule has 4 rings (SSSR count). The summed E-state index contributed by atoms with van der Waals surface area (Å²) in [7, 11) is 1.56. The molecule has 0 bridgehead atoms. The Morgan fingerprint density at radius 3 is 2.43 bits per heavy atom. The highest BCUT2D eigenvalue weighted by molar-refractivity contribution is 9.10. The van der Waals surface area contributed by atoms with Gasteiger partial charge in [-0.05, 0) is 71.8 Å². The second-order valence-electron chi connectivity index (χ2n) is 8.09. The molecule has 190 valence electrons. The van der Waals surface area contributed by atoms with Crippen molar-refractivity contribution in [1.82, 2.24) is 4.90 Å². The van der Waals surface area contributed by atoms with Gasteiger partial charge in [0.1, 0.15) is 6.61 Å². The second kappa shape index (κ2) is 12.2. The highest BCUT2D eigenvalue weighted by Gasteiger charge is 2.35. The van der Waals surface area contributed by atoms with E-state index in [-0.39, 0.29) is 11.8 Å². The predicted octanol–water partition coefficient (Wildman–Crippen LogP) is 8.31. The lowest BCUT2D eigenvalue weighted by Gasteiger charge is -2.16. The summed E-state index contributed by atoms with van der Waals surface area (Å²) < 4.78 is 12.8. The van der Waals surface area contributed by atoms with Crippen LogP contribution in [0.5, 0.6) is 11.5 Å². The third kappa shape index (κ3) is 6.41. The first kappa shape index (κ1) is 27.3. The van der Waals surface area contributed by atoms with Gasteiger partial charge in [0.15, 0.2) is 11.5 Å². The van der Waals surface area contributed by atoms with Gasteiger partial charge in [-0.1, -0.05) is 63.4 Å². The molecule has 0 aliphatic carbocycles. The number of ether oxygens (including phenoxy) is 2. The van der Waals surface area contributed by atoms with Crippen LogP contribution in [0.2, 0.25) is 10.0 Å². The van der Waals surface area contributed by atoms with Gasteiger partial charge in [0, 0.05) is 25.6 Å². The van der Waals surface area contributed by atoms with Gasteiger partial charge in [0.2, 0.25) is 0 Å². The average Bonchev–Trinajstić information content (AvgIpc) is 3.13. The maximum atomic E-state index is 13.1. The summed E-state index contributed by atoms with van der Waals surface area (Å²) in [5.74, 6) is 0.708. The molecular formula is C28H22BrCl2NO4S. The summed E-state index contributed by atoms with van der Waals surface area (Å²) in [6.45, 7) is 4.20. The molecular weight excluding hydrogens is 597 g/mol. The molecule has 0 atom stereocenters. The molecule has 37 heavy (non-hydrogen) atoms. The van der Waals surface area contributed by atoms with Gasteiger partial charge in [-0.3, -0.25) is 14.5 Å². The van der Waals surface area contributed by atoms with Crippen molar-refractivity contribution < 1.29 is 19.1 Å². The highest BCUT2D eigenvalue weighted by atomic mass is 79.9. The summed E-state index contributed by atoms with van der Waals surface area (Å²) in [5, 5.41) is 0.404. The van der Waals surface area contributed by atoms with Crippen LogP contribution in [0.1, 0.15) is 22.3 Å². The molecule has 0 N–H and O–H groups in total. The van der Waals surface area contributed by atoms with E-state index in [4.69, 9.17) is 32.7 Å². The Morgan fingerprint density at radius 2 is 1.78 bits per heavy atom. The fourth-order valence-electron chi connectivity index (χ4n) is 3.75. The van der Waals surface area contributed by atoms with Gasteiger partial charge in [0.25, 0.3) is 11.1 Å². The van der Waals surface area contributed by atoms with E-state index in [1.807, 2.05) is 30.3 Å². The number of rotatable bonds is 9. The lowest BCUT2D eigenvalue weighted by atomic mass is 10.0. The topological polar surface area (TPSA) is 55.8 Å². The Balaban J connectivity index is 1.60. The minimum atomic E-state index is -0.411. The van der Waals surface area contributed by atoms with E-state index in [1.165, 1.54) is 0 Å². The lowest BCUT2D eigenvalue weighted by molar-refractivity contribution is -0.123. The van der Waals surface area contributed by atoms with E-state index in [0.717, 1.165) is 32.3 Å². The summed E-state index contributed by atoms with van der Waals surface area (Å²) in [4.78, 5) is 27.2. The number of carbonyl (C=O) groups excluding carboxylic acids is 2. The standard InChI is InChI=1S/C28H22BrCl2NO4S/c1-3-5-19-12-18(13-24(35-2)26(19)36-16-17-8-10-20(29)11-9-17)14-25-27(33)32(28(34)37-25)15-21-22(30)6-4-7-23(21)31/h3-4,6-14H,1,5,15-16H2,2H3/b25-14-. The molecule has 3 aromatic carbocycles. The predicted molar refractivity (Wildman–Crippen MR) is 153 cm³/mol. The third-order valence-electron chi connectivity index (χ3n) is 5.58. The number of allylic oxidation sites excluding steroid dienone is 1. The number of hydrogen-bond donors (Lipinski definition) is 0. The second-order valence-corrected chi connectivity index (χ2v) is 10.8. The van der Waals surface area contributed by atoms with E-state index < -0.39 is 5.91 Å². The fourth-order valence-corrected chi connectivity index (χ4v) is 5.37. The van der Waals surface area contributed by atoms with Gasteiger partial charge in [0.05, 0.1) is 18.6 Å². The monoisotopic (exact) mass is 617 g/mol. The van der Waals surface area contributed by atoms with Crippen molar-refractivity contribution in [2.45, 2.75) is 19.6 Å². The molecule has 3 aromatic rings. The van der Waals surface area contributed by atoms with E-state index in [2.05, 4.69) is 22.5 Å². The van der Waals surface area contributed by atoms with Crippen molar-refractivity contribution in [3.05, 3.63) is 109 Å². The van der Waals surface area contributed by atoms with Crippen molar-refractivity contribution in [2.24, 2.45) is 0 Å². The summed E-state index contributed by atoms with van der Waals surface area (Å²) in [6, 6.07) is 16.6. The maximum absolute atomic E-state index is 13.1. The van der Waals surface area contributed by atoms with Crippen LogP contribution in [0.3, 0.4) is 0 Å². The summed E-state index contributed by atoms with van der Waals surface area (Å²) in [6.07, 6.45) is 3.97. The number of methoxy groups -OCH3 is 1. The Bertz CT molecular complexity index is 1370. The van der Waals surface area contributed by atoms with Crippen molar-refractivity contribution in [3.63, 3.8) is 0 Å². The zero-order valence-corrected chi connectivity index (χ0v) is 23.7. The van der Waals surface area contributed by atoms with Crippen LogP contribution in [0, 0.1) is 0 Å². The molecule has 1 aliphatic heterocycles. The Labute approximate surface area is 238 Å². The third-order valence-corrected chi connectivity index (χ3v) is 7.73. The number of thioether (sulfide) groups is 1. The van der Waals surface area contributed by atoms with Gasteiger partial charge in [-0.2, -0.15) is 0 Å². The molecule has 0 spiro atoms. The molecule has 1 saturated heterocycles. The van der Waals surface area contributed by atoms with Crippen LogP contribution in [-0.4, -0.2) is 23.2 Å². The first-order valence-electron chi connectivity index (χ1n) is 11.2. The molecule has 5 nitrogen and oxygen atoms in total. The molecule has 0 unspecified atom stereocenters. The number of hydrogen-bond acceptors (Lipinski definition) is 5. The quantitative estimate of drug-likeness (QED) is 0.178. The van der Waals surface area contributed by atoms with Gasteiger partial charge in [-0.25, -0.2) is 0 Å². The van der Waals surface area contributed by atoms with Gasteiger partial charge in [-0.15, -0.1) is 6.58 Å². The van der Waals surface area contributed by atoms with Crippen LogP contribution in [0.4, 0.5) is 4.79 Å². The lowest BCUT2D eigenvalue weighted by Crippen LogP contribution is -2.27. The van der Waals surface area contributed by atoms with E-state index in [0.29, 0.717) is 50.6 Å². The number of halogens is 3. The van der Waals surface area contributed by atoms with Crippen molar-refractivity contribution in [2.75, 3.05) is 7.11 Å². The smallest absolute Gasteiger partial charge is 0.293 e. The molecule has 1 aliphatic rings. The average molecular weight is 619 g/mol. The number of imide groups is 1. The summed E-state index contributed by atoms with van der Waals surface area (Å²) in [5.41, 5.74) is 3.08. The zero-order valence-electron chi connectivity index (χ0n) is 19.8. The molecule has 0 aromatic heterocycles. The number of benzene rings is 3. The molecule has 9 heteroatoms. The van der Waals surface area contributed by atoms with Crippen LogP contribution >= 0.6 is 50.9 Å². The van der Waals surface area contributed by atoms with E-state index in [9.17, 15) is 9.59 Å². The fraction of sp³-hybridized carbons (Fsp3) is 0.143. The van der Waals surface area contributed by atoms with Crippen LogP contribution in [0.25, 0.3) is 6.08 Å². The van der Waals surface area contributed by atoms with Gasteiger partial charge < -0.3 is 9.47 Å². The van der Waals surface area contributed by atoms with Crippen molar-refractivity contribution in [3.8, 4) is 11.5 Å². The zero-order chi connectivity index (χ0) is 26.5. The molecule has 0 saturated carbocycles. The SMILES string of the molecule is C=CCc1cc(/C=C2\SC(=O)N(Cc3c(Cl)cccc3Cl)C2=O)cc(OC)c1OCc1ccc(Br)cc1. The maximum Gasteiger partial charge on any atom is 0.293 e. The van der Waals surface area contributed by atoms with Crippen LogP contribution in [0.15, 0.2) is 76.6 Å². The normalized spacial score (nSPS) is 14.4. The number of nitrogens with zero attached hydrogens (tertiary/aromatic N) is 1. The Kier molecular flexibility index (Phi) is 9.03. The molecule has 1 fully saturated rings. The Hall–Kier alpha value is -2.71. The van der Waals surface area contributed by atoms with E-state index in [1.54, 1.807) is 43.5 Å². The highest BCUT2D eigenvalue weighted by Crippen LogP contribution is 2.39. The molecule has 2 amide bonds. The van der Waals surface area contributed by atoms with Crippen molar-refractivity contribution >= 4 is 68.1 Å². The minimum absolute atomic E-state index is 0.00557. The number of amides is 2. The Morgan fingerprint density at radius 1 is 1.08 bits per heavy atom. The largest absolute Gasteiger partial charge is 0.493 e. The minimum Gasteiger partial charge on any atom is -0.493 e. The first-order chi connectivity index (χ1) is 17.8. The summed E-state index contributed by atoms with van der Waals surface area (Å²) >= 11 is 16.8. The van der Waals surface area contributed by atoms with Crippen LogP contribution in [-0.2, 0) is 24.4 Å².